The number of amides is 1. The lowest BCUT2D eigenvalue weighted by molar-refractivity contribution is -0.121. The van der Waals surface area contributed by atoms with Gasteiger partial charge in [-0.05, 0) is 24.3 Å². The topological polar surface area (TPSA) is 51.2 Å². The summed E-state index contributed by atoms with van der Waals surface area (Å²) in [6, 6.07) is 15.3. The van der Waals surface area contributed by atoms with Crippen LogP contribution in [-0.2, 0) is 11.2 Å². The molecule has 4 heteroatoms. The smallest absolute Gasteiger partial charge is 0.223 e. The van der Waals surface area contributed by atoms with Crippen LogP contribution in [0.15, 0.2) is 54.7 Å². The molecule has 0 aliphatic rings. The minimum atomic E-state index is -0.00291. The minimum absolute atomic E-state index is 0.00291. The summed E-state index contributed by atoms with van der Waals surface area (Å²) >= 11 is 0. The number of benzene rings is 1. The van der Waals surface area contributed by atoms with Crippen molar-refractivity contribution in [1.82, 2.24) is 10.3 Å². The van der Waals surface area contributed by atoms with Crippen molar-refractivity contribution in [3.05, 3.63) is 60.4 Å². The highest BCUT2D eigenvalue weighted by molar-refractivity contribution is 5.75. The van der Waals surface area contributed by atoms with Crippen molar-refractivity contribution in [2.75, 3.05) is 13.2 Å². The Hall–Kier alpha value is -2.36. The number of nitrogens with zero attached hydrogens (tertiary/aromatic N) is 1. The average Bonchev–Trinajstić information content (AvgIpc) is 2.49. The Bertz CT molecular complexity index is 467. The molecule has 0 saturated carbocycles. The van der Waals surface area contributed by atoms with Gasteiger partial charge in [-0.3, -0.25) is 9.78 Å². The fourth-order valence-electron chi connectivity index (χ4n) is 1.74. The SMILES string of the molecule is O=C(CCOc1ccccc1)NCCc1ccccn1. The number of ether oxygens (including phenoxy) is 1. The van der Waals surface area contributed by atoms with E-state index < -0.39 is 0 Å². The zero-order chi connectivity index (χ0) is 14.0. The highest BCUT2D eigenvalue weighted by atomic mass is 16.5. The molecule has 0 atom stereocenters. The predicted octanol–water partition coefficient (Wildman–Crippen LogP) is 2.21. The van der Waals surface area contributed by atoms with E-state index in [9.17, 15) is 4.79 Å². The van der Waals surface area contributed by atoms with E-state index in [0.29, 0.717) is 19.6 Å². The molecule has 1 N–H and O–H groups in total. The van der Waals surface area contributed by atoms with Crippen molar-refractivity contribution in [2.24, 2.45) is 0 Å². The molecule has 0 saturated heterocycles. The molecule has 0 aliphatic carbocycles. The molecule has 1 amide bonds. The minimum Gasteiger partial charge on any atom is -0.493 e. The number of hydrogen-bond acceptors (Lipinski definition) is 3. The predicted molar refractivity (Wildman–Crippen MR) is 77.5 cm³/mol. The van der Waals surface area contributed by atoms with Gasteiger partial charge in [-0.25, -0.2) is 0 Å². The number of hydrogen-bond donors (Lipinski definition) is 1. The van der Waals surface area contributed by atoms with E-state index in [2.05, 4.69) is 10.3 Å². The number of carbonyl (C=O) groups excluding carboxylic acids is 1. The molecule has 20 heavy (non-hydrogen) atoms. The van der Waals surface area contributed by atoms with Crippen LogP contribution in [0.2, 0.25) is 0 Å². The molecular weight excluding hydrogens is 252 g/mol. The van der Waals surface area contributed by atoms with Gasteiger partial charge in [-0.2, -0.15) is 0 Å². The van der Waals surface area contributed by atoms with E-state index in [-0.39, 0.29) is 5.91 Å². The van der Waals surface area contributed by atoms with Crippen LogP contribution in [-0.4, -0.2) is 24.0 Å². The molecule has 4 nitrogen and oxygen atoms in total. The number of rotatable bonds is 7. The molecule has 0 unspecified atom stereocenters. The van der Waals surface area contributed by atoms with Crippen LogP contribution in [0.3, 0.4) is 0 Å². The van der Waals surface area contributed by atoms with Crippen LogP contribution in [0.5, 0.6) is 5.75 Å². The van der Waals surface area contributed by atoms with Crippen LogP contribution < -0.4 is 10.1 Å². The zero-order valence-corrected chi connectivity index (χ0v) is 11.3. The van der Waals surface area contributed by atoms with Gasteiger partial charge >= 0.3 is 0 Å². The van der Waals surface area contributed by atoms with Crippen molar-refractivity contribution in [3.8, 4) is 5.75 Å². The van der Waals surface area contributed by atoms with Crippen molar-refractivity contribution < 1.29 is 9.53 Å². The summed E-state index contributed by atoms with van der Waals surface area (Å²) in [7, 11) is 0. The van der Waals surface area contributed by atoms with Crippen LogP contribution >= 0.6 is 0 Å². The van der Waals surface area contributed by atoms with E-state index in [0.717, 1.165) is 17.9 Å². The maximum absolute atomic E-state index is 11.6. The van der Waals surface area contributed by atoms with Crippen molar-refractivity contribution >= 4 is 5.91 Å². The first-order valence-electron chi connectivity index (χ1n) is 6.69. The Balaban J connectivity index is 1.59. The molecule has 0 fully saturated rings. The Labute approximate surface area is 118 Å². The van der Waals surface area contributed by atoms with Gasteiger partial charge in [0.25, 0.3) is 0 Å². The molecule has 1 aromatic carbocycles. The third-order valence-corrected chi connectivity index (χ3v) is 2.77. The van der Waals surface area contributed by atoms with E-state index in [1.807, 2.05) is 48.5 Å². The summed E-state index contributed by atoms with van der Waals surface area (Å²) in [6.45, 7) is 0.987. The van der Waals surface area contributed by atoms with Gasteiger partial charge in [0.05, 0.1) is 13.0 Å². The number of pyridine rings is 1. The molecule has 2 rings (SSSR count). The van der Waals surface area contributed by atoms with Gasteiger partial charge in [-0.1, -0.05) is 24.3 Å². The summed E-state index contributed by atoms with van der Waals surface area (Å²) < 4.78 is 5.47. The summed E-state index contributed by atoms with van der Waals surface area (Å²) in [5, 5.41) is 2.86. The average molecular weight is 270 g/mol. The van der Waals surface area contributed by atoms with E-state index in [1.54, 1.807) is 6.20 Å². The van der Waals surface area contributed by atoms with Crippen molar-refractivity contribution in [1.29, 1.82) is 0 Å². The monoisotopic (exact) mass is 270 g/mol. The van der Waals surface area contributed by atoms with Crippen molar-refractivity contribution in [3.63, 3.8) is 0 Å². The van der Waals surface area contributed by atoms with Crippen LogP contribution in [0.4, 0.5) is 0 Å². The standard InChI is InChI=1S/C16H18N2O2/c19-16(10-13-20-15-7-2-1-3-8-15)18-12-9-14-6-4-5-11-17-14/h1-8,11H,9-10,12-13H2,(H,18,19). The summed E-state index contributed by atoms with van der Waals surface area (Å²) in [5.41, 5.74) is 0.980. The third-order valence-electron chi connectivity index (χ3n) is 2.77. The fraction of sp³-hybridized carbons (Fsp3) is 0.250. The molecular formula is C16H18N2O2. The highest BCUT2D eigenvalue weighted by Gasteiger charge is 2.02. The number of aromatic nitrogens is 1. The summed E-state index contributed by atoms with van der Waals surface area (Å²) in [6.07, 6.45) is 2.86. The summed E-state index contributed by atoms with van der Waals surface area (Å²) in [4.78, 5) is 15.8. The van der Waals surface area contributed by atoms with Gasteiger partial charge in [0, 0.05) is 24.9 Å². The van der Waals surface area contributed by atoms with Crippen LogP contribution in [0, 0.1) is 0 Å². The summed E-state index contributed by atoms with van der Waals surface area (Å²) in [5.74, 6) is 0.783. The van der Waals surface area contributed by atoms with Gasteiger partial charge in [-0.15, -0.1) is 0 Å². The molecule has 104 valence electrons. The molecule has 1 aromatic heterocycles. The largest absolute Gasteiger partial charge is 0.493 e. The van der Waals surface area contributed by atoms with Gasteiger partial charge in [0.1, 0.15) is 5.75 Å². The van der Waals surface area contributed by atoms with Gasteiger partial charge < -0.3 is 10.1 Å². The molecule has 2 aromatic rings. The molecule has 0 bridgehead atoms. The third kappa shape index (κ3) is 5.10. The molecule has 0 radical (unpaired) electrons. The van der Waals surface area contributed by atoms with Gasteiger partial charge in [0.2, 0.25) is 5.91 Å². The first kappa shape index (κ1) is 14.1. The molecule has 0 spiro atoms. The second kappa shape index (κ2) is 7.94. The Morgan fingerprint density at radius 1 is 1.10 bits per heavy atom. The zero-order valence-electron chi connectivity index (χ0n) is 11.3. The van der Waals surface area contributed by atoms with E-state index in [1.165, 1.54) is 0 Å². The highest BCUT2D eigenvalue weighted by Crippen LogP contribution is 2.08. The normalized spacial score (nSPS) is 10.0. The number of nitrogens with one attached hydrogen (secondary N) is 1. The fourth-order valence-corrected chi connectivity index (χ4v) is 1.74. The second-order valence-electron chi connectivity index (χ2n) is 4.33. The van der Waals surface area contributed by atoms with E-state index in [4.69, 9.17) is 4.74 Å². The van der Waals surface area contributed by atoms with Crippen molar-refractivity contribution in [2.45, 2.75) is 12.8 Å². The first-order chi connectivity index (χ1) is 9.84. The number of para-hydroxylation sites is 1. The Kier molecular flexibility index (Phi) is 5.58. The Morgan fingerprint density at radius 2 is 1.90 bits per heavy atom. The first-order valence-corrected chi connectivity index (χ1v) is 6.69. The van der Waals surface area contributed by atoms with Gasteiger partial charge in [0.15, 0.2) is 0 Å². The lowest BCUT2D eigenvalue weighted by Gasteiger charge is -2.07. The maximum Gasteiger partial charge on any atom is 0.223 e. The lowest BCUT2D eigenvalue weighted by atomic mass is 10.2. The Morgan fingerprint density at radius 3 is 2.65 bits per heavy atom. The molecule has 0 aliphatic heterocycles. The van der Waals surface area contributed by atoms with Crippen LogP contribution in [0.1, 0.15) is 12.1 Å². The second-order valence-corrected chi connectivity index (χ2v) is 4.33. The number of carbonyl (C=O) groups is 1. The quantitative estimate of drug-likeness (QED) is 0.839. The van der Waals surface area contributed by atoms with E-state index >= 15 is 0 Å². The van der Waals surface area contributed by atoms with Crippen LogP contribution in [0.25, 0.3) is 0 Å². The molecule has 1 heterocycles. The lowest BCUT2D eigenvalue weighted by Crippen LogP contribution is -2.27. The maximum atomic E-state index is 11.6.